The fraction of sp³-hybridized carbons (Fsp3) is 0.467. The first-order chi connectivity index (χ1) is 9.93. The predicted molar refractivity (Wildman–Crippen MR) is 89.6 cm³/mol. The van der Waals surface area contributed by atoms with Gasteiger partial charge in [-0.25, -0.2) is 0 Å². The summed E-state index contributed by atoms with van der Waals surface area (Å²) >= 11 is 0. The first-order valence-corrected chi connectivity index (χ1v) is 6.82. The minimum Gasteiger partial charge on any atom is -0.484 e. The van der Waals surface area contributed by atoms with E-state index in [-0.39, 0.29) is 36.7 Å². The van der Waals surface area contributed by atoms with Crippen LogP contribution in [0.25, 0.3) is 0 Å². The molecule has 0 aromatic heterocycles. The lowest BCUT2D eigenvalue weighted by molar-refractivity contribution is -0.130. The van der Waals surface area contributed by atoms with Gasteiger partial charge < -0.3 is 20.3 Å². The zero-order chi connectivity index (χ0) is 15.8. The summed E-state index contributed by atoms with van der Waals surface area (Å²) in [6.07, 6.45) is 0. The number of amides is 2. The molecule has 1 unspecified atom stereocenters. The van der Waals surface area contributed by atoms with Crippen LogP contribution in [0.3, 0.4) is 0 Å². The third kappa shape index (κ3) is 6.78. The second kappa shape index (κ2) is 10.0. The van der Waals surface area contributed by atoms with Gasteiger partial charge >= 0.3 is 0 Å². The molecule has 2 amide bonds. The van der Waals surface area contributed by atoms with E-state index in [1.165, 1.54) is 4.90 Å². The van der Waals surface area contributed by atoms with E-state index in [0.29, 0.717) is 18.0 Å². The van der Waals surface area contributed by atoms with Crippen LogP contribution < -0.4 is 15.4 Å². The van der Waals surface area contributed by atoms with Crippen LogP contribution in [0.4, 0.5) is 5.69 Å². The molecule has 0 fully saturated rings. The largest absolute Gasteiger partial charge is 0.484 e. The normalized spacial score (nSPS) is 11.1. The highest BCUT2D eigenvalue weighted by atomic mass is 35.5. The molecule has 0 heterocycles. The highest BCUT2D eigenvalue weighted by Crippen LogP contribution is 2.16. The van der Waals surface area contributed by atoms with Gasteiger partial charge in [-0.2, -0.15) is 0 Å². The summed E-state index contributed by atoms with van der Waals surface area (Å²) in [6.45, 7) is 2.48. The number of benzene rings is 1. The maximum atomic E-state index is 11.8. The van der Waals surface area contributed by atoms with Gasteiger partial charge in [-0.1, -0.05) is 6.92 Å². The fourth-order valence-electron chi connectivity index (χ4n) is 1.57. The van der Waals surface area contributed by atoms with Crippen molar-refractivity contribution in [1.82, 2.24) is 10.2 Å². The van der Waals surface area contributed by atoms with Crippen LogP contribution >= 0.6 is 12.4 Å². The van der Waals surface area contributed by atoms with E-state index >= 15 is 0 Å². The summed E-state index contributed by atoms with van der Waals surface area (Å²) in [5, 5.41) is 5.79. The van der Waals surface area contributed by atoms with Crippen molar-refractivity contribution in [2.75, 3.05) is 39.6 Å². The maximum absolute atomic E-state index is 11.8. The highest BCUT2D eigenvalue weighted by molar-refractivity contribution is 5.92. The lowest BCUT2D eigenvalue weighted by Gasteiger charge is -2.13. The SMILES string of the molecule is CNCC(C)C(=O)Nc1ccc(OCC(=O)N(C)C)cc1.Cl. The Kier molecular flexibility index (Phi) is 9.21. The summed E-state index contributed by atoms with van der Waals surface area (Å²) in [4.78, 5) is 24.7. The molecule has 0 radical (unpaired) electrons. The second-order valence-corrected chi connectivity index (χ2v) is 5.05. The lowest BCUT2D eigenvalue weighted by Crippen LogP contribution is -2.28. The topological polar surface area (TPSA) is 70.7 Å². The van der Waals surface area contributed by atoms with E-state index in [1.54, 1.807) is 38.4 Å². The van der Waals surface area contributed by atoms with Crippen LogP contribution in [0.5, 0.6) is 5.75 Å². The number of rotatable bonds is 7. The van der Waals surface area contributed by atoms with Crippen LogP contribution in [-0.2, 0) is 9.59 Å². The number of nitrogens with one attached hydrogen (secondary N) is 2. The van der Waals surface area contributed by atoms with Crippen molar-refractivity contribution in [3.63, 3.8) is 0 Å². The van der Waals surface area contributed by atoms with Gasteiger partial charge in [0.2, 0.25) is 5.91 Å². The molecule has 22 heavy (non-hydrogen) atoms. The molecule has 1 aromatic carbocycles. The van der Waals surface area contributed by atoms with Crippen molar-refractivity contribution >= 4 is 29.9 Å². The molecule has 0 aliphatic rings. The quantitative estimate of drug-likeness (QED) is 0.792. The molecule has 0 aliphatic heterocycles. The van der Waals surface area contributed by atoms with Crippen molar-refractivity contribution in [1.29, 1.82) is 0 Å². The molecule has 1 rings (SSSR count). The molecule has 0 saturated carbocycles. The van der Waals surface area contributed by atoms with E-state index in [1.807, 2.05) is 14.0 Å². The van der Waals surface area contributed by atoms with E-state index in [0.717, 1.165) is 0 Å². The van der Waals surface area contributed by atoms with Crippen LogP contribution in [0.15, 0.2) is 24.3 Å². The molecule has 1 aromatic rings. The maximum Gasteiger partial charge on any atom is 0.259 e. The lowest BCUT2D eigenvalue weighted by atomic mass is 10.1. The van der Waals surface area contributed by atoms with Crippen molar-refractivity contribution in [3.8, 4) is 5.75 Å². The number of carbonyl (C=O) groups excluding carboxylic acids is 2. The Hall–Kier alpha value is -1.79. The average molecular weight is 330 g/mol. The Labute approximate surface area is 137 Å². The number of hydrogen-bond donors (Lipinski definition) is 2. The minimum absolute atomic E-state index is 0. The Bertz CT molecular complexity index is 477. The first-order valence-electron chi connectivity index (χ1n) is 6.82. The Balaban J connectivity index is 0.00000441. The molecule has 1 atom stereocenters. The van der Waals surface area contributed by atoms with Crippen molar-refractivity contribution in [2.24, 2.45) is 5.92 Å². The van der Waals surface area contributed by atoms with Crippen molar-refractivity contribution < 1.29 is 14.3 Å². The molecular formula is C15H24ClN3O3. The summed E-state index contributed by atoms with van der Waals surface area (Å²) in [6, 6.07) is 6.95. The molecule has 0 saturated heterocycles. The van der Waals surface area contributed by atoms with Gasteiger partial charge in [0.15, 0.2) is 6.61 Å². The molecule has 7 heteroatoms. The minimum atomic E-state index is -0.108. The molecule has 0 aliphatic carbocycles. The van der Waals surface area contributed by atoms with Gasteiger partial charge in [0.1, 0.15) is 5.75 Å². The number of anilines is 1. The third-order valence-electron chi connectivity index (χ3n) is 2.94. The number of carbonyl (C=O) groups is 2. The standard InChI is InChI=1S/C15H23N3O3.ClH/c1-11(9-16-2)15(20)17-12-5-7-13(8-6-12)21-10-14(19)18(3)4;/h5-8,11,16H,9-10H2,1-4H3,(H,17,20);1H. The van der Waals surface area contributed by atoms with E-state index in [2.05, 4.69) is 10.6 Å². The molecule has 0 bridgehead atoms. The third-order valence-corrected chi connectivity index (χ3v) is 2.94. The number of ether oxygens (including phenoxy) is 1. The zero-order valence-electron chi connectivity index (χ0n) is 13.4. The van der Waals surface area contributed by atoms with Gasteiger partial charge in [0.05, 0.1) is 0 Å². The number of nitrogens with zero attached hydrogens (tertiary/aromatic N) is 1. The smallest absolute Gasteiger partial charge is 0.259 e. The summed E-state index contributed by atoms with van der Waals surface area (Å²) in [5.74, 6) is 0.337. The molecule has 0 spiro atoms. The van der Waals surface area contributed by atoms with Gasteiger partial charge in [-0.15, -0.1) is 12.4 Å². The summed E-state index contributed by atoms with van der Waals surface area (Å²) in [7, 11) is 5.16. The monoisotopic (exact) mass is 329 g/mol. The van der Waals surface area contributed by atoms with E-state index < -0.39 is 0 Å². The number of halogens is 1. The Morgan fingerprint density at radius 2 is 1.82 bits per heavy atom. The van der Waals surface area contributed by atoms with Crippen molar-refractivity contribution in [3.05, 3.63) is 24.3 Å². The van der Waals surface area contributed by atoms with E-state index in [9.17, 15) is 9.59 Å². The molecule has 6 nitrogen and oxygen atoms in total. The Morgan fingerprint density at radius 3 is 2.32 bits per heavy atom. The van der Waals surface area contributed by atoms with Crippen LogP contribution in [0.1, 0.15) is 6.92 Å². The summed E-state index contributed by atoms with van der Waals surface area (Å²) < 4.78 is 5.36. The van der Waals surface area contributed by atoms with Crippen LogP contribution in [0.2, 0.25) is 0 Å². The zero-order valence-corrected chi connectivity index (χ0v) is 14.2. The second-order valence-electron chi connectivity index (χ2n) is 5.05. The average Bonchev–Trinajstić information content (AvgIpc) is 2.46. The van der Waals surface area contributed by atoms with Crippen LogP contribution in [-0.4, -0.2) is 51.0 Å². The van der Waals surface area contributed by atoms with Crippen molar-refractivity contribution in [2.45, 2.75) is 6.92 Å². The summed E-state index contributed by atoms with van der Waals surface area (Å²) in [5.41, 5.74) is 0.703. The van der Waals surface area contributed by atoms with Gasteiger partial charge in [-0.05, 0) is 31.3 Å². The van der Waals surface area contributed by atoms with Gasteiger partial charge in [0.25, 0.3) is 5.91 Å². The molecule has 124 valence electrons. The highest BCUT2D eigenvalue weighted by Gasteiger charge is 2.11. The van der Waals surface area contributed by atoms with Gasteiger partial charge in [-0.3, -0.25) is 9.59 Å². The number of likely N-dealkylation sites (N-methyl/N-ethyl adjacent to an activating group) is 1. The number of hydrogen-bond acceptors (Lipinski definition) is 4. The molecule has 2 N–H and O–H groups in total. The van der Waals surface area contributed by atoms with E-state index in [4.69, 9.17) is 4.74 Å². The van der Waals surface area contributed by atoms with Crippen LogP contribution in [0, 0.1) is 5.92 Å². The molecular weight excluding hydrogens is 306 g/mol. The predicted octanol–water partition coefficient (Wildman–Crippen LogP) is 1.37. The fourth-order valence-corrected chi connectivity index (χ4v) is 1.57. The Morgan fingerprint density at radius 1 is 1.23 bits per heavy atom. The first kappa shape index (κ1) is 20.2. The van der Waals surface area contributed by atoms with Gasteiger partial charge in [0, 0.05) is 32.2 Å².